The number of carbonyl (C=O) groups excluding carboxylic acids is 1. The van der Waals surface area contributed by atoms with Gasteiger partial charge in [-0.2, -0.15) is 0 Å². The van der Waals surface area contributed by atoms with Gasteiger partial charge < -0.3 is 5.32 Å². The molecule has 0 bridgehead atoms. The first-order valence-corrected chi connectivity index (χ1v) is 8.00. The van der Waals surface area contributed by atoms with Crippen molar-refractivity contribution in [1.82, 2.24) is 5.32 Å². The first kappa shape index (κ1) is 14.9. The number of urea groups is 1. The molecule has 22 heavy (non-hydrogen) atoms. The molecule has 1 heterocycles. The fourth-order valence-electron chi connectivity index (χ4n) is 2.85. The average Bonchev–Trinajstić information content (AvgIpc) is 2.56. The molecule has 114 valence electrons. The number of aryl methyl sites for hydroxylation is 1. The quantitative estimate of drug-likeness (QED) is 0.911. The highest BCUT2D eigenvalue weighted by Crippen LogP contribution is 2.26. The first-order valence-electron chi connectivity index (χ1n) is 7.62. The standard InChI is InChI=1S/C18H19ClN2O/c19-16-9-3-1-6-14(16)11-12-20-18(22)21-13-5-8-15-7-2-4-10-17(15)21/h1-4,6-7,9-10H,5,8,11-13H2,(H,20,22). The van der Waals surface area contributed by atoms with E-state index in [0.717, 1.165) is 42.1 Å². The topological polar surface area (TPSA) is 32.3 Å². The third-order valence-corrected chi connectivity index (χ3v) is 4.35. The highest BCUT2D eigenvalue weighted by Gasteiger charge is 2.21. The number of anilines is 1. The van der Waals surface area contributed by atoms with Gasteiger partial charge in [-0.25, -0.2) is 4.79 Å². The van der Waals surface area contributed by atoms with Gasteiger partial charge in [0.15, 0.2) is 0 Å². The summed E-state index contributed by atoms with van der Waals surface area (Å²) in [6, 6.07) is 15.8. The number of nitrogens with one attached hydrogen (secondary N) is 1. The second-order valence-corrected chi connectivity index (χ2v) is 5.86. The molecular weight excluding hydrogens is 296 g/mol. The second kappa shape index (κ2) is 6.84. The Hall–Kier alpha value is -2.00. The van der Waals surface area contributed by atoms with E-state index < -0.39 is 0 Å². The van der Waals surface area contributed by atoms with Crippen molar-refractivity contribution in [3.05, 3.63) is 64.7 Å². The molecule has 0 saturated heterocycles. The van der Waals surface area contributed by atoms with Gasteiger partial charge in [-0.05, 0) is 42.5 Å². The van der Waals surface area contributed by atoms with Crippen molar-refractivity contribution in [2.24, 2.45) is 0 Å². The fourth-order valence-corrected chi connectivity index (χ4v) is 3.08. The van der Waals surface area contributed by atoms with E-state index in [0.29, 0.717) is 6.54 Å². The van der Waals surface area contributed by atoms with E-state index in [1.54, 1.807) is 0 Å². The first-order chi connectivity index (χ1) is 10.8. The molecule has 2 aromatic carbocycles. The maximum atomic E-state index is 12.4. The van der Waals surface area contributed by atoms with Crippen molar-refractivity contribution >= 4 is 23.3 Å². The number of halogens is 1. The maximum Gasteiger partial charge on any atom is 0.321 e. The summed E-state index contributed by atoms with van der Waals surface area (Å²) < 4.78 is 0. The van der Waals surface area contributed by atoms with E-state index in [1.165, 1.54) is 5.56 Å². The summed E-state index contributed by atoms with van der Waals surface area (Å²) in [7, 11) is 0. The zero-order valence-corrected chi connectivity index (χ0v) is 13.1. The minimum absolute atomic E-state index is 0.0285. The average molecular weight is 315 g/mol. The Labute approximate surface area is 135 Å². The van der Waals surface area contributed by atoms with E-state index in [-0.39, 0.29) is 6.03 Å². The molecule has 1 N–H and O–H groups in total. The largest absolute Gasteiger partial charge is 0.337 e. The number of carbonyl (C=O) groups is 1. The number of hydrogen-bond donors (Lipinski definition) is 1. The normalized spacial score (nSPS) is 13.6. The van der Waals surface area contributed by atoms with Crippen molar-refractivity contribution in [1.29, 1.82) is 0 Å². The predicted octanol–water partition coefficient (Wildman–Crippen LogP) is 4.04. The number of nitrogens with zero attached hydrogens (tertiary/aromatic N) is 1. The molecule has 0 fully saturated rings. The van der Waals surface area contributed by atoms with Crippen molar-refractivity contribution in [2.45, 2.75) is 19.3 Å². The number of hydrogen-bond acceptors (Lipinski definition) is 1. The van der Waals surface area contributed by atoms with Crippen LogP contribution in [0.2, 0.25) is 5.02 Å². The highest BCUT2D eigenvalue weighted by atomic mass is 35.5. The Kier molecular flexibility index (Phi) is 4.64. The van der Waals surface area contributed by atoms with Gasteiger partial charge in [0.25, 0.3) is 0 Å². The molecule has 3 rings (SSSR count). The lowest BCUT2D eigenvalue weighted by Crippen LogP contribution is -2.43. The van der Waals surface area contributed by atoms with Crippen LogP contribution in [0.4, 0.5) is 10.5 Å². The van der Waals surface area contributed by atoms with Gasteiger partial charge in [0, 0.05) is 23.8 Å². The molecule has 0 aromatic heterocycles. The lowest BCUT2D eigenvalue weighted by molar-refractivity contribution is 0.246. The third-order valence-electron chi connectivity index (χ3n) is 3.98. The van der Waals surface area contributed by atoms with Crippen LogP contribution in [0.1, 0.15) is 17.5 Å². The van der Waals surface area contributed by atoms with Crippen LogP contribution >= 0.6 is 11.6 Å². The SMILES string of the molecule is O=C(NCCc1ccccc1Cl)N1CCCc2ccccc21. The Morgan fingerprint density at radius 1 is 1.14 bits per heavy atom. The molecular formula is C18H19ClN2O. The third kappa shape index (κ3) is 3.25. The lowest BCUT2D eigenvalue weighted by atomic mass is 10.0. The number of rotatable bonds is 3. The van der Waals surface area contributed by atoms with Gasteiger partial charge >= 0.3 is 6.03 Å². The summed E-state index contributed by atoms with van der Waals surface area (Å²) in [6.45, 7) is 1.36. The fraction of sp³-hybridized carbons (Fsp3) is 0.278. The number of fused-ring (bicyclic) bond motifs is 1. The van der Waals surface area contributed by atoms with E-state index in [1.807, 2.05) is 47.4 Å². The Morgan fingerprint density at radius 3 is 2.77 bits per heavy atom. The summed E-state index contributed by atoms with van der Waals surface area (Å²) in [4.78, 5) is 14.3. The summed E-state index contributed by atoms with van der Waals surface area (Å²) in [5, 5.41) is 3.75. The van der Waals surface area contributed by atoms with Gasteiger partial charge in [-0.3, -0.25) is 4.90 Å². The minimum Gasteiger partial charge on any atom is -0.337 e. The molecule has 0 spiro atoms. The second-order valence-electron chi connectivity index (χ2n) is 5.46. The minimum atomic E-state index is -0.0285. The van der Waals surface area contributed by atoms with Crippen LogP contribution in [0.5, 0.6) is 0 Å². The van der Waals surface area contributed by atoms with Gasteiger partial charge in [0.2, 0.25) is 0 Å². The predicted molar refractivity (Wildman–Crippen MR) is 90.7 cm³/mol. The Bertz CT molecular complexity index is 672. The number of benzene rings is 2. The van der Waals surface area contributed by atoms with Crippen LogP contribution in [-0.2, 0) is 12.8 Å². The van der Waals surface area contributed by atoms with Crippen molar-refractivity contribution in [3.8, 4) is 0 Å². The smallest absolute Gasteiger partial charge is 0.321 e. The van der Waals surface area contributed by atoms with Crippen LogP contribution in [0.25, 0.3) is 0 Å². The van der Waals surface area contributed by atoms with Crippen LogP contribution < -0.4 is 10.2 Å². The summed E-state index contributed by atoms with van der Waals surface area (Å²) in [6.07, 6.45) is 2.79. The zero-order chi connectivity index (χ0) is 15.4. The number of para-hydroxylation sites is 1. The zero-order valence-electron chi connectivity index (χ0n) is 12.4. The molecule has 2 amide bonds. The van der Waals surface area contributed by atoms with Crippen LogP contribution in [0.3, 0.4) is 0 Å². The highest BCUT2D eigenvalue weighted by molar-refractivity contribution is 6.31. The van der Waals surface area contributed by atoms with Gasteiger partial charge in [-0.1, -0.05) is 48.0 Å². The molecule has 0 atom stereocenters. The number of amides is 2. The van der Waals surface area contributed by atoms with E-state index in [9.17, 15) is 4.79 Å². The summed E-state index contributed by atoms with van der Waals surface area (Å²) in [5.74, 6) is 0. The van der Waals surface area contributed by atoms with Crippen LogP contribution in [0, 0.1) is 0 Å². The molecule has 0 aliphatic carbocycles. The monoisotopic (exact) mass is 314 g/mol. The molecule has 2 aromatic rings. The van der Waals surface area contributed by atoms with E-state index in [2.05, 4.69) is 11.4 Å². The lowest BCUT2D eigenvalue weighted by Gasteiger charge is -2.29. The molecule has 0 unspecified atom stereocenters. The molecule has 0 saturated carbocycles. The van der Waals surface area contributed by atoms with E-state index in [4.69, 9.17) is 11.6 Å². The van der Waals surface area contributed by atoms with Crippen LogP contribution in [-0.4, -0.2) is 19.1 Å². The summed E-state index contributed by atoms with van der Waals surface area (Å²) >= 11 is 6.13. The molecule has 0 radical (unpaired) electrons. The maximum absolute atomic E-state index is 12.4. The Morgan fingerprint density at radius 2 is 1.91 bits per heavy atom. The van der Waals surface area contributed by atoms with Crippen molar-refractivity contribution < 1.29 is 4.79 Å². The molecule has 1 aliphatic rings. The van der Waals surface area contributed by atoms with Crippen molar-refractivity contribution in [3.63, 3.8) is 0 Å². The molecule has 4 heteroatoms. The van der Waals surface area contributed by atoms with Crippen molar-refractivity contribution in [2.75, 3.05) is 18.0 Å². The van der Waals surface area contributed by atoms with Gasteiger partial charge in [0.1, 0.15) is 0 Å². The Balaban J connectivity index is 1.60. The molecule has 1 aliphatic heterocycles. The molecule has 3 nitrogen and oxygen atoms in total. The van der Waals surface area contributed by atoms with Crippen LogP contribution in [0.15, 0.2) is 48.5 Å². The van der Waals surface area contributed by atoms with E-state index >= 15 is 0 Å². The van der Waals surface area contributed by atoms with Gasteiger partial charge in [0.05, 0.1) is 0 Å². The van der Waals surface area contributed by atoms with Gasteiger partial charge in [-0.15, -0.1) is 0 Å². The summed E-state index contributed by atoms with van der Waals surface area (Å²) in [5.41, 5.74) is 3.34.